The number of ether oxygens (including phenoxy) is 1. The van der Waals surface area contributed by atoms with E-state index in [-0.39, 0.29) is 6.61 Å². The van der Waals surface area contributed by atoms with Crippen LogP contribution in [0.25, 0.3) is 0 Å². The molecule has 0 aliphatic carbocycles. The van der Waals surface area contributed by atoms with Crippen LogP contribution in [0.1, 0.15) is 22.3 Å². The molecule has 0 saturated carbocycles. The second-order valence-corrected chi connectivity index (χ2v) is 4.84. The van der Waals surface area contributed by atoms with E-state index in [0.29, 0.717) is 6.61 Å². The first-order chi connectivity index (χ1) is 9.10. The topological polar surface area (TPSA) is 47.3 Å². The van der Waals surface area contributed by atoms with E-state index in [1.54, 1.807) is 4.68 Å². The maximum absolute atomic E-state index is 9.15. The number of hydrogen-bond donors (Lipinski definition) is 1. The maximum atomic E-state index is 9.15. The third-order valence-corrected chi connectivity index (χ3v) is 3.10. The van der Waals surface area contributed by atoms with Crippen molar-refractivity contribution in [2.24, 2.45) is 7.05 Å². The molecule has 1 heterocycles. The predicted octanol–water partition coefficient (Wildman–Crippen LogP) is 2.15. The van der Waals surface area contributed by atoms with Crippen LogP contribution in [0.4, 0.5) is 0 Å². The first-order valence-electron chi connectivity index (χ1n) is 6.41. The van der Waals surface area contributed by atoms with Crippen LogP contribution in [0.2, 0.25) is 0 Å². The lowest BCUT2D eigenvalue weighted by Crippen LogP contribution is -2.04. The lowest BCUT2D eigenvalue weighted by Gasteiger charge is -2.13. The van der Waals surface area contributed by atoms with Gasteiger partial charge in [-0.3, -0.25) is 4.68 Å². The summed E-state index contributed by atoms with van der Waals surface area (Å²) < 4.78 is 7.66. The van der Waals surface area contributed by atoms with Gasteiger partial charge in [0.2, 0.25) is 0 Å². The molecule has 102 valence electrons. The zero-order chi connectivity index (χ0) is 13.8. The van der Waals surface area contributed by atoms with Crippen molar-refractivity contribution in [2.75, 3.05) is 6.61 Å². The molecular weight excluding hydrogens is 240 g/mol. The second-order valence-electron chi connectivity index (χ2n) is 4.84. The van der Waals surface area contributed by atoms with Crippen LogP contribution in [0.15, 0.2) is 24.5 Å². The molecule has 1 aromatic heterocycles. The number of aryl methyl sites for hydroxylation is 3. The molecule has 2 aromatic rings. The van der Waals surface area contributed by atoms with Gasteiger partial charge < -0.3 is 9.84 Å². The van der Waals surface area contributed by atoms with Crippen molar-refractivity contribution in [1.82, 2.24) is 9.78 Å². The van der Waals surface area contributed by atoms with Crippen molar-refractivity contribution in [2.45, 2.75) is 26.9 Å². The van der Waals surface area contributed by atoms with Crippen LogP contribution < -0.4 is 4.74 Å². The van der Waals surface area contributed by atoms with Gasteiger partial charge in [0.25, 0.3) is 0 Å². The van der Waals surface area contributed by atoms with Crippen LogP contribution in [-0.4, -0.2) is 21.5 Å². The summed E-state index contributed by atoms with van der Waals surface area (Å²) in [5.41, 5.74) is 4.23. The van der Waals surface area contributed by atoms with Gasteiger partial charge in [-0.15, -0.1) is 0 Å². The highest BCUT2D eigenvalue weighted by atomic mass is 16.5. The van der Waals surface area contributed by atoms with Crippen LogP contribution in [0, 0.1) is 13.8 Å². The number of benzene rings is 1. The summed E-state index contributed by atoms with van der Waals surface area (Å²) in [6, 6.07) is 3.93. The van der Waals surface area contributed by atoms with Gasteiger partial charge in [0.15, 0.2) is 0 Å². The van der Waals surface area contributed by atoms with Gasteiger partial charge in [0, 0.05) is 19.7 Å². The van der Waals surface area contributed by atoms with Gasteiger partial charge in [0.1, 0.15) is 5.75 Å². The Hall–Kier alpha value is -1.81. The maximum Gasteiger partial charge on any atom is 0.125 e. The summed E-state index contributed by atoms with van der Waals surface area (Å²) >= 11 is 0. The number of aliphatic hydroxyl groups excluding tert-OH is 1. The normalized spacial score (nSPS) is 10.7. The van der Waals surface area contributed by atoms with E-state index in [9.17, 15) is 0 Å². The van der Waals surface area contributed by atoms with Gasteiger partial charge in [-0.25, -0.2) is 0 Å². The molecule has 19 heavy (non-hydrogen) atoms. The second kappa shape index (κ2) is 5.89. The smallest absolute Gasteiger partial charge is 0.125 e. The van der Waals surface area contributed by atoms with Crippen molar-refractivity contribution in [3.05, 3.63) is 46.8 Å². The molecule has 1 N–H and O–H groups in total. The highest BCUT2D eigenvalue weighted by molar-refractivity contribution is 5.43. The molecule has 0 aliphatic heterocycles. The quantitative estimate of drug-likeness (QED) is 0.896. The molecule has 0 saturated heterocycles. The molecule has 0 amide bonds. The Balaban J connectivity index is 1.99. The molecular formula is C15H20N2O2. The summed E-state index contributed by atoms with van der Waals surface area (Å²) in [6.45, 7) is 4.71. The Labute approximate surface area is 113 Å². The molecule has 0 radical (unpaired) electrons. The van der Waals surface area contributed by atoms with Gasteiger partial charge in [-0.1, -0.05) is 12.1 Å². The third kappa shape index (κ3) is 3.35. The van der Waals surface area contributed by atoms with E-state index in [4.69, 9.17) is 9.84 Å². The Morgan fingerprint density at radius 2 is 1.89 bits per heavy atom. The zero-order valence-electron chi connectivity index (χ0n) is 11.7. The monoisotopic (exact) mass is 260 g/mol. The van der Waals surface area contributed by atoms with Crippen molar-refractivity contribution in [1.29, 1.82) is 0 Å². The first kappa shape index (κ1) is 13.6. The van der Waals surface area contributed by atoms with Gasteiger partial charge in [-0.2, -0.15) is 5.10 Å². The van der Waals surface area contributed by atoms with E-state index < -0.39 is 0 Å². The summed E-state index contributed by atoms with van der Waals surface area (Å²) in [5.74, 6) is 0.918. The van der Waals surface area contributed by atoms with E-state index in [0.717, 1.165) is 28.9 Å². The van der Waals surface area contributed by atoms with Gasteiger partial charge in [0.05, 0.1) is 19.4 Å². The lowest BCUT2D eigenvalue weighted by atomic mass is 10.1. The summed E-state index contributed by atoms with van der Waals surface area (Å²) in [4.78, 5) is 0. The molecule has 1 aromatic carbocycles. The number of aliphatic hydroxyl groups is 1. The molecule has 2 rings (SSSR count). The average Bonchev–Trinajstić information content (AvgIpc) is 2.78. The fourth-order valence-corrected chi connectivity index (χ4v) is 2.23. The van der Waals surface area contributed by atoms with Crippen molar-refractivity contribution in [3.63, 3.8) is 0 Å². The Morgan fingerprint density at radius 3 is 2.42 bits per heavy atom. The lowest BCUT2D eigenvalue weighted by molar-refractivity contribution is 0.280. The average molecular weight is 260 g/mol. The van der Waals surface area contributed by atoms with Crippen molar-refractivity contribution < 1.29 is 9.84 Å². The largest absolute Gasteiger partial charge is 0.493 e. The molecule has 0 atom stereocenters. The molecule has 4 nitrogen and oxygen atoms in total. The molecule has 0 spiro atoms. The van der Waals surface area contributed by atoms with E-state index in [1.807, 2.05) is 45.4 Å². The van der Waals surface area contributed by atoms with E-state index in [1.165, 1.54) is 5.56 Å². The first-order valence-corrected chi connectivity index (χ1v) is 6.41. The molecule has 0 unspecified atom stereocenters. The minimum absolute atomic E-state index is 0.0671. The Kier molecular flexibility index (Phi) is 4.22. The fraction of sp³-hybridized carbons (Fsp3) is 0.400. The summed E-state index contributed by atoms with van der Waals surface area (Å²) in [7, 11) is 1.91. The van der Waals surface area contributed by atoms with Crippen LogP contribution in [-0.2, 0) is 20.1 Å². The van der Waals surface area contributed by atoms with Crippen LogP contribution >= 0.6 is 0 Å². The fourth-order valence-electron chi connectivity index (χ4n) is 2.23. The van der Waals surface area contributed by atoms with E-state index in [2.05, 4.69) is 5.10 Å². The predicted molar refractivity (Wildman–Crippen MR) is 74.2 cm³/mol. The molecule has 0 aliphatic rings. The molecule has 0 fully saturated rings. The number of hydrogen-bond acceptors (Lipinski definition) is 3. The molecule has 4 heteroatoms. The number of rotatable bonds is 5. The molecule has 0 bridgehead atoms. The summed E-state index contributed by atoms with van der Waals surface area (Å²) in [6.07, 6.45) is 4.70. The van der Waals surface area contributed by atoms with Crippen LogP contribution in [0.5, 0.6) is 5.75 Å². The van der Waals surface area contributed by atoms with E-state index >= 15 is 0 Å². The number of aromatic nitrogens is 2. The Morgan fingerprint density at radius 1 is 1.21 bits per heavy atom. The minimum Gasteiger partial charge on any atom is -0.493 e. The SMILES string of the molecule is Cc1cc(CO)cc(C)c1OCCc1cnn(C)c1. The minimum atomic E-state index is 0.0671. The standard InChI is InChI=1S/C15H20N2O2/c1-11-6-14(10-18)7-12(2)15(11)19-5-4-13-8-16-17(3)9-13/h6-9,18H,4-5,10H2,1-3H3. The third-order valence-electron chi connectivity index (χ3n) is 3.10. The van der Waals surface area contributed by atoms with Crippen molar-refractivity contribution in [3.8, 4) is 5.75 Å². The number of nitrogens with zero attached hydrogens (tertiary/aromatic N) is 2. The summed E-state index contributed by atoms with van der Waals surface area (Å²) in [5, 5.41) is 13.3. The van der Waals surface area contributed by atoms with Crippen molar-refractivity contribution >= 4 is 0 Å². The highest BCUT2D eigenvalue weighted by Crippen LogP contribution is 2.25. The van der Waals surface area contributed by atoms with Crippen LogP contribution in [0.3, 0.4) is 0 Å². The highest BCUT2D eigenvalue weighted by Gasteiger charge is 2.06. The van der Waals surface area contributed by atoms with Gasteiger partial charge in [-0.05, 0) is 36.1 Å². The Bertz CT molecular complexity index is 538. The zero-order valence-corrected chi connectivity index (χ0v) is 11.7. The van der Waals surface area contributed by atoms with Gasteiger partial charge >= 0.3 is 0 Å².